The normalized spacial score (nSPS) is 12.5. The first-order valence-corrected chi connectivity index (χ1v) is 7.31. The van der Waals surface area contributed by atoms with Crippen LogP contribution in [0.25, 0.3) is 0 Å². The van der Waals surface area contributed by atoms with Crippen LogP contribution in [0.1, 0.15) is 47.2 Å². The third-order valence-corrected chi connectivity index (χ3v) is 4.14. The summed E-state index contributed by atoms with van der Waals surface area (Å²) in [4.78, 5) is 25.6. The van der Waals surface area contributed by atoms with E-state index < -0.39 is 0 Å². The van der Waals surface area contributed by atoms with E-state index >= 15 is 0 Å². The monoisotopic (exact) mass is 282 g/mol. The van der Waals surface area contributed by atoms with Gasteiger partial charge in [0.05, 0.1) is 4.88 Å². The number of ketones is 1. The quantitative estimate of drug-likeness (QED) is 0.815. The Morgan fingerprint density at radius 2 is 2.05 bits per heavy atom. The van der Waals surface area contributed by atoms with Gasteiger partial charge in [-0.25, -0.2) is 0 Å². The van der Waals surface area contributed by atoms with E-state index in [4.69, 9.17) is 5.73 Å². The zero-order valence-electron chi connectivity index (χ0n) is 12.0. The van der Waals surface area contributed by atoms with Gasteiger partial charge in [0.15, 0.2) is 5.78 Å². The van der Waals surface area contributed by atoms with Gasteiger partial charge in [0.2, 0.25) is 0 Å². The largest absolute Gasteiger partial charge is 0.341 e. The highest BCUT2D eigenvalue weighted by molar-refractivity contribution is 7.12. The summed E-state index contributed by atoms with van der Waals surface area (Å²) in [5, 5.41) is 1.73. The second kappa shape index (κ2) is 6.82. The average Bonchev–Trinajstić information content (AvgIpc) is 2.83. The number of rotatable bonds is 6. The lowest BCUT2D eigenvalue weighted by Gasteiger charge is -2.21. The predicted octanol–water partition coefficient (Wildman–Crippen LogP) is 2.40. The lowest BCUT2D eigenvalue weighted by Crippen LogP contribution is -2.34. The van der Waals surface area contributed by atoms with Crippen LogP contribution >= 0.6 is 11.3 Å². The molecular weight excluding hydrogens is 260 g/mol. The third kappa shape index (κ3) is 4.44. The van der Waals surface area contributed by atoms with E-state index in [0.717, 1.165) is 6.42 Å². The molecule has 0 spiro atoms. The maximum Gasteiger partial charge on any atom is 0.263 e. The molecule has 1 aromatic heterocycles. The molecule has 106 valence electrons. The number of carbonyl (C=O) groups excluding carboxylic acids is 2. The van der Waals surface area contributed by atoms with Crippen molar-refractivity contribution in [2.75, 3.05) is 13.6 Å². The Hall–Kier alpha value is -1.20. The Kier molecular flexibility index (Phi) is 5.69. The number of hydrogen-bond donors (Lipinski definition) is 1. The molecule has 0 aromatic carbocycles. The van der Waals surface area contributed by atoms with Crippen molar-refractivity contribution in [2.45, 2.75) is 33.2 Å². The topological polar surface area (TPSA) is 63.4 Å². The fourth-order valence-electron chi connectivity index (χ4n) is 1.60. The van der Waals surface area contributed by atoms with E-state index in [2.05, 4.69) is 13.8 Å². The van der Waals surface area contributed by atoms with Gasteiger partial charge < -0.3 is 10.6 Å². The number of nitrogens with zero attached hydrogens (tertiary/aromatic N) is 1. The zero-order valence-corrected chi connectivity index (χ0v) is 12.8. The van der Waals surface area contributed by atoms with Crippen LogP contribution in [0.4, 0.5) is 0 Å². The molecule has 0 aliphatic rings. The van der Waals surface area contributed by atoms with Crippen molar-refractivity contribution in [1.82, 2.24) is 4.90 Å². The van der Waals surface area contributed by atoms with Crippen LogP contribution in [0.2, 0.25) is 0 Å². The fraction of sp³-hybridized carbons (Fsp3) is 0.571. The summed E-state index contributed by atoms with van der Waals surface area (Å²) in [5.41, 5.74) is 6.57. The van der Waals surface area contributed by atoms with Crippen LogP contribution in [0, 0.1) is 5.92 Å². The van der Waals surface area contributed by atoms with E-state index in [1.54, 1.807) is 23.4 Å². The molecule has 0 bridgehead atoms. The molecular formula is C14H22N2O2S. The summed E-state index contributed by atoms with van der Waals surface area (Å²) in [6, 6.07) is 1.76. The summed E-state index contributed by atoms with van der Waals surface area (Å²) >= 11 is 1.31. The van der Waals surface area contributed by atoms with Gasteiger partial charge in [-0.15, -0.1) is 11.3 Å². The number of hydrogen-bond acceptors (Lipinski definition) is 4. The van der Waals surface area contributed by atoms with Crippen molar-refractivity contribution in [3.63, 3.8) is 0 Å². The van der Waals surface area contributed by atoms with Gasteiger partial charge in [-0.3, -0.25) is 9.59 Å². The number of carbonyl (C=O) groups is 2. The summed E-state index contributed by atoms with van der Waals surface area (Å²) in [6.45, 7) is 6.28. The Balaban J connectivity index is 2.58. The first-order valence-electron chi connectivity index (χ1n) is 6.43. The van der Waals surface area contributed by atoms with Crippen LogP contribution in [-0.2, 0) is 0 Å². The zero-order chi connectivity index (χ0) is 14.6. The summed E-state index contributed by atoms with van der Waals surface area (Å²) in [5.74, 6) is 0.350. The molecule has 1 amide bonds. The van der Waals surface area contributed by atoms with Crippen LogP contribution in [0.3, 0.4) is 0 Å². The molecule has 0 saturated heterocycles. The fourth-order valence-corrected chi connectivity index (χ4v) is 2.54. The molecule has 1 aromatic rings. The minimum absolute atomic E-state index is 0.0141. The summed E-state index contributed by atoms with van der Waals surface area (Å²) in [7, 11) is 1.77. The Labute approximate surface area is 118 Å². The van der Waals surface area contributed by atoms with E-state index in [0.29, 0.717) is 22.9 Å². The highest BCUT2D eigenvalue weighted by atomic mass is 32.1. The molecule has 19 heavy (non-hydrogen) atoms. The van der Waals surface area contributed by atoms with Crippen molar-refractivity contribution >= 4 is 23.0 Å². The Morgan fingerprint density at radius 3 is 2.53 bits per heavy atom. The van der Waals surface area contributed by atoms with Gasteiger partial charge >= 0.3 is 0 Å². The second-order valence-electron chi connectivity index (χ2n) is 5.18. The molecule has 1 unspecified atom stereocenters. The first-order chi connectivity index (χ1) is 8.82. The Morgan fingerprint density at radius 1 is 1.42 bits per heavy atom. The lowest BCUT2D eigenvalue weighted by atomic mass is 10.0. The van der Waals surface area contributed by atoms with Crippen molar-refractivity contribution < 1.29 is 9.59 Å². The SMILES string of the molecule is CC(=O)c1csc(C(=O)N(C)CCC(N)C(C)C)c1. The van der Waals surface area contributed by atoms with Crippen LogP contribution in [-0.4, -0.2) is 36.2 Å². The van der Waals surface area contributed by atoms with Crippen LogP contribution in [0.5, 0.6) is 0 Å². The summed E-state index contributed by atoms with van der Waals surface area (Å²) < 4.78 is 0. The number of amides is 1. The number of Topliss-reactive ketones (excluding diaryl/α,β-unsaturated/α-hetero) is 1. The van der Waals surface area contributed by atoms with Crippen molar-refractivity contribution in [3.8, 4) is 0 Å². The van der Waals surface area contributed by atoms with Gasteiger partial charge in [0.25, 0.3) is 5.91 Å². The molecule has 0 aliphatic carbocycles. The number of nitrogens with two attached hydrogens (primary N) is 1. The molecule has 0 aliphatic heterocycles. The number of thiophene rings is 1. The highest BCUT2D eigenvalue weighted by Gasteiger charge is 2.17. The molecule has 1 atom stereocenters. The van der Waals surface area contributed by atoms with Gasteiger partial charge in [0.1, 0.15) is 0 Å². The van der Waals surface area contributed by atoms with E-state index in [1.165, 1.54) is 18.3 Å². The maximum atomic E-state index is 12.1. The van der Waals surface area contributed by atoms with Gasteiger partial charge in [0, 0.05) is 30.6 Å². The molecule has 0 radical (unpaired) electrons. The highest BCUT2D eigenvalue weighted by Crippen LogP contribution is 2.17. The van der Waals surface area contributed by atoms with E-state index in [9.17, 15) is 9.59 Å². The molecule has 1 rings (SSSR count). The van der Waals surface area contributed by atoms with Crippen LogP contribution < -0.4 is 5.73 Å². The van der Waals surface area contributed by atoms with E-state index in [-0.39, 0.29) is 17.7 Å². The average molecular weight is 282 g/mol. The first kappa shape index (κ1) is 15.9. The van der Waals surface area contributed by atoms with Crippen molar-refractivity contribution in [3.05, 3.63) is 21.9 Å². The molecule has 0 saturated carbocycles. The predicted molar refractivity (Wildman–Crippen MR) is 78.7 cm³/mol. The van der Waals surface area contributed by atoms with Crippen molar-refractivity contribution in [1.29, 1.82) is 0 Å². The van der Waals surface area contributed by atoms with Crippen molar-refractivity contribution in [2.24, 2.45) is 11.7 Å². The Bertz CT molecular complexity index is 454. The standard InChI is InChI=1S/C14H22N2O2S/c1-9(2)12(15)5-6-16(4)14(18)13-7-11(8-19-13)10(3)17/h7-9,12H,5-6,15H2,1-4H3. The lowest BCUT2D eigenvalue weighted by molar-refractivity contribution is 0.0794. The minimum atomic E-state index is -0.0477. The maximum absolute atomic E-state index is 12.1. The molecule has 2 N–H and O–H groups in total. The van der Waals surface area contributed by atoms with Crippen LogP contribution in [0.15, 0.2) is 11.4 Å². The third-order valence-electron chi connectivity index (χ3n) is 3.22. The molecule has 0 fully saturated rings. The summed E-state index contributed by atoms with van der Waals surface area (Å²) in [6.07, 6.45) is 0.783. The van der Waals surface area contributed by atoms with Gasteiger partial charge in [-0.1, -0.05) is 13.8 Å². The molecule has 5 heteroatoms. The second-order valence-corrected chi connectivity index (χ2v) is 6.09. The molecule has 4 nitrogen and oxygen atoms in total. The minimum Gasteiger partial charge on any atom is -0.341 e. The van der Waals surface area contributed by atoms with E-state index in [1.807, 2.05) is 0 Å². The van der Waals surface area contributed by atoms with Gasteiger partial charge in [-0.05, 0) is 25.3 Å². The molecule has 1 heterocycles. The smallest absolute Gasteiger partial charge is 0.263 e. The van der Waals surface area contributed by atoms with Gasteiger partial charge in [-0.2, -0.15) is 0 Å².